The van der Waals surface area contributed by atoms with Crippen LogP contribution in [-0.4, -0.2) is 18.6 Å². The monoisotopic (exact) mass is 329 g/mol. The van der Waals surface area contributed by atoms with Crippen LogP contribution in [0.5, 0.6) is 5.75 Å². The van der Waals surface area contributed by atoms with E-state index in [2.05, 4.69) is 65.6 Å². The first-order valence-corrected chi connectivity index (χ1v) is 8.85. The molecule has 1 aliphatic heterocycles. The van der Waals surface area contributed by atoms with Crippen LogP contribution in [-0.2, 0) is 19.5 Å². The van der Waals surface area contributed by atoms with Crippen LogP contribution >= 0.6 is 0 Å². The van der Waals surface area contributed by atoms with E-state index in [9.17, 15) is 0 Å². The van der Waals surface area contributed by atoms with E-state index < -0.39 is 0 Å². The molecule has 0 saturated heterocycles. The molecule has 4 rings (SSSR count). The van der Waals surface area contributed by atoms with E-state index in [0.717, 1.165) is 31.8 Å². The third-order valence-electron chi connectivity index (χ3n) is 5.00. The molecule has 0 unspecified atom stereocenters. The number of nitrogens with zero attached hydrogens (tertiary/aromatic N) is 1. The van der Waals surface area contributed by atoms with E-state index in [4.69, 9.17) is 4.74 Å². The average Bonchev–Trinajstić information content (AvgIpc) is 2.68. The highest BCUT2D eigenvalue weighted by atomic mass is 16.5. The smallest absolute Gasteiger partial charge is 0.126 e. The maximum absolute atomic E-state index is 5.60. The van der Waals surface area contributed by atoms with Gasteiger partial charge in [0.1, 0.15) is 5.75 Å². The molecule has 1 aliphatic rings. The quantitative estimate of drug-likeness (QED) is 0.673. The van der Waals surface area contributed by atoms with Crippen molar-refractivity contribution in [2.45, 2.75) is 19.5 Å². The molecule has 0 aliphatic carbocycles. The maximum atomic E-state index is 5.60. The fourth-order valence-corrected chi connectivity index (χ4v) is 3.73. The second kappa shape index (κ2) is 7.12. The van der Waals surface area contributed by atoms with Crippen molar-refractivity contribution in [3.05, 3.63) is 89.5 Å². The van der Waals surface area contributed by atoms with Crippen molar-refractivity contribution in [2.75, 3.05) is 13.7 Å². The largest absolute Gasteiger partial charge is 0.496 e. The molecule has 0 amide bonds. The standard InChI is InChI=1S/C23H23NO/c1-25-23-13-6-5-11-21(23)20-12-7-10-19-14-15-24(17-22(19)20)16-18-8-3-2-4-9-18/h2-13H,14-17H2,1H3. The summed E-state index contributed by atoms with van der Waals surface area (Å²) in [6, 6.07) is 25.7. The Morgan fingerprint density at radius 3 is 2.44 bits per heavy atom. The van der Waals surface area contributed by atoms with Crippen LogP contribution < -0.4 is 4.74 Å². The van der Waals surface area contributed by atoms with E-state index in [1.807, 2.05) is 12.1 Å². The highest BCUT2D eigenvalue weighted by Crippen LogP contribution is 2.36. The van der Waals surface area contributed by atoms with Crippen molar-refractivity contribution in [3.8, 4) is 16.9 Å². The lowest BCUT2D eigenvalue weighted by Gasteiger charge is -2.30. The van der Waals surface area contributed by atoms with Crippen molar-refractivity contribution in [1.82, 2.24) is 4.90 Å². The number of rotatable bonds is 4. The van der Waals surface area contributed by atoms with Crippen molar-refractivity contribution in [2.24, 2.45) is 0 Å². The molecule has 0 radical (unpaired) electrons. The molecular formula is C23H23NO. The van der Waals surface area contributed by atoms with Crippen LogP contribution in [0.2, 0.25) is 0 Å². The van der Waals surface area contributed by atoms with Crippen molar-refractivity contribution in [1.29, 1.82) is 0 Å². The first-order valence-electron chi connectivity index (χ1n) is 8.85. The summed E-state index contributed by atoms with van der Waals surface area (Å²) in [6.45, 7) is 3.09. The van der Waals surface area contributed by atoms with Crippen molar-refractivity contribution >= 4 is 0 Å². The van der Waals surface area contributed by atoms with Gasteiger partial charge in [0.05, 0.1) is 7.11 Å². The Morgan fingerprint density at radius 1 is 0.840 bits per heavy atom. The zero-order valence-electron chi connectivity index (χ0n) is 14.6. The molecule has 0 aromatic heterocycles. The van der Waals surface area contributed by atoms with Crippen molar-refractivity contribution in [3.63, 3.8) is 0 Å². The highest BCUT2D eigenvalue weighted by molar-refractivity contribution is 5.74. The number of methoxy groups -OCH3 is 1. The molecule has 0 bridgehead atoms. The fraction of sp³-hybridized carbons (Fsp3) is 0.217. The number of hydrogen-bond acceptors (Lipinski definition) is 2. The van der Waals surface area contributed by atoms with Crippen molar-refractivity contribution < 1.29 is 4.74 Å². The Kier molecular flexibility index (Phi) is 4.53. The second-order valence-corrected chi connectivity index (χ2v) is 6.59. The van der Waals surface area contributed by atoms with Crippen LogP contribution in [0.1, 0.15) is 16.7 Å². The Morgan fingerprint density at radius 2 is 1.60 bits per heavy atom. The van der Waals surface area contributed by atoms with Gasteiger partial charge in [0.25, 0.3) is 0 Å². The van der Waals surface area contributed by atoms with Gasteiger partial charge in [0.2, 0.25) is 0 Å². The number of ether oxygens (including phenoxy) is 1. The summed E-state index contributed by atoms with van der Waals surface area (Å²) in [4.78, 5) is 2.54. The molecule has 0 spiro atoms. The van der Waals surface area contributed by atoms with E-state index in [1.54, 1.807) is 7.11 Å². The van der Waals surface area contributed by atoms with Crippen LogP contribution in [0.15, 0.2) is 72.8 Å². The summed E-state index contributed by atoms with van der Waals surface area (Å²) < 4.78 is 5.60. The lowest BCUT2D eigenvalue weighted by molar-refractivity contribution is 0.246. The third kappa shape index (κ3) is 3.31. The SMILES string of the molecule is COc1ccccc1-c1cccc2c1CN(Cc1ccccc1)CC2. The summed E-state index contributed by atoms with van der Waals surface area (Å²) >= 11 is 0. The Bertz CT molecular complexity index is 857. The van der Waals surface area contributed by atoms with Gasteiger partial charge in [-0.1, -0.05) is 66.7 Å². The minimum atomic E-state index is 0.941. The predicted octanol–water partition coefficient (Wildman–Crippen LogP) is 4.92. The van der Waals surface area contributed by atoms with Crippen LogP contribution in [0.25, 0.3) is 11.1 Å². The van der Waals surface area contributed by atoms with Crippen LogP contribution in [0.3, 0.4) is 0 Å². The van der Waals surface area contributed by atoms with E-state index in [-0.39, 0.29) is 0 Å². The Balaban J connectivity index is 1.67. The van der Waals surface area contributed by atoms with Gasteiger partial charge >= 0.3 is 0 Å². The summed E-state index contributed by atoms with van der Waals surface area (Å²) in [7, 11) is 1.75. The average molecular weight is 329 g/mol. The van der Waals surface area contributed by atoms with Gasteiger partial charge < -0.3 is 4.74 Å². The molecule has 3 aromatic carbocycles. The molecule has 2 nitrogen and oxygen atoms in total. The number of benzene rings is 3. The second-order valence-electron chi connectivity index (χ2n) is 6.59. The Hall–Kier alpha value is -2.58. The molecule has 25 heavy (non-hydrogen) atoms. The molecule has 0 N–H and O–H groups in total. The maximum Gasteiger partial charge on any atom is 0.126 e. The minimum Gasteiger partial charge on any atom is -0.496 e. The number of fused-ring (bicyclic) bond motifs is 1. The molecule has 3 aromatic rings. The van der Waals surface area contributed by atoms with Gasteiger partial charge in [0.15, 0.2) is 0 Å². The highest BCUT2D eigenvalue weighted by Gasteiger charge is 2.20. The topological polar surface area (TPSA) is 12.5 Å². The van der Waals surface area contributed by atoms with Gasteiger partial charge in [-0.15, -0.1) is 0 Å². The van der Waals surface area contributed by atoms with Gasteiger partial charge in [-0.3, -0.25) is 4.90 Å². The summed E-state index contributed by atoms with van der Waals surface area (Å²) in [5.74, 6) is 0.941. The lowest BCUT2D eigenvalue weighted by Crippen LogP contribution is -2.30. The van der Waals surface area contributed by atoms with Gasteiger partial charge in [-0.2, -0.15) is 0 Å². The van der Waals surface area contributed by atoms with E-state index >= 15 is 0 Å². The molecular weight excluding hydrogens is 306 g/mol. The first-order chi connectivity index (χ1) is 12.3. The normalized spacial score (nSPS) is 14.1. The lowest BCUT2D eigenvalue weighted by atomic mass is 9.90. The zero-order chi connectivity index (χ0) is 17.1. The molecule has 0 atom stereocenters. The van der Waals surface area contributed by atoms with Gasteiger partial charge in [-0.05, 0) is 34.7 Å². The molecule has 1 heterocycles. The Labute approximate surface area is 149 Å². The summed E-state index contributed by atoms with van der Waals surface area (Å²) in [5, 5.41) is 0. The minimum absolute atomic E-state index is 0.941. The molecule has 0 saturated carbocycles. The van der Waals surface area contributed by atoms with E-state index in [1.165, 1.54) is 27.8 Å². The molecule has 2 heteroatoms. The van der Waals surface area contributed by atoms with Gasteiger partial charge in [0, 0.05) is 25.2 Å². The molecule has 126 valence electrons. The van der Waals surface area contributed by atoms with Gasteiger partial charge in [-0.25, -0.2) is 0 Å². The third-order valence-corrected chi connectivity index (χ3v) is 5.00. The van der Waals surface area contributed by atoms with Crippen LogP contribution in [0, 0.1) is 0 Å². The summed E-state index contributed by atoms with van der Waals surface area (Å²) in [5.41, 5.74) is 6.76. The zero-order valence-corrected chi connectivity index (χ0v) is 14.6. The molecule has 0 fully saturated rings. The van der Waals surface area contributed by atoms with Crippen LogP contribution in [0.4, 0.5) is 0 Å². The number of para-hydroxylation sites is 1. The van der Waals surface area contributed by atoms with E-state index in [0.29, 0.717) is 0 Å². The first kappa shape index (κ1) is 15.9. The predicted molar refractivity (Wildman–Crippen MR) is 103 cm³/mol. The summed E-state index contributed by atoms with van der Waals surface area (Å²) in [6.07, 6.45) is 1.10. The number of hydrogen-bond donors (Lipinski definition) is 0. The fourth-order valence-electron chi connectivity index (χ4n) is 3.73.